The minimum absolute atomic E-state index is 0.0478. The molecule has 0 saturated carbocycles. The Morgan fingerprint density at radius 1 is 1.35 bits per heavy atom. The van der Waals surface area contributed by atoms with E-state index in [1.165, 1.54) is 0 Å². The first kappa shape index (κ1) is 12.6. The molecule has 0 atom stereocenters. The van der Waals surface area contributed by atoms with Crippen LogP contribution in [-0.2, 0) is 4.79 Å². The Hall–Kier alpha value is -2.41. The second-order valence-corrected chi connectivity index (χ2v) is 4.99. The molecule has 2 aromatic heterocycles. The zero-order valence-electron chi connectivity index (χ0n) is 10.3. The third-order valence-electron chi connectivity index (χ3n) is 2.71. The molecule has 3 rings (SSSR count). The maximum Gasteiger partial charge on any atom is 0.313 e. The molecular weight excluding hydrogens is 276 g/mol. The Labute approximate surface area is 118 Å². The average Bonchev–Trinajstić information content (AvgIpc) is 2.93. The van der Waals surface area contributed by atoms with Gasteiger partial charge in [0.2, 0.25) is 0 Å². The predicted octanol–water partition coefficient (Wildman–Crippen LogP) is 1.99. The topological polar surface area (TPSA) is 80.9 Å². The second-order valence-electron chi connectivity index (χ2n) is 4.05. The van der Waals surface area contributed by atoms with Crippen molar-refractivity contribution in [3.05, 3.63) is 42.9 Å². The molecule has 0 amide bonds. The smallest absolute Gasteiger partial charge is 0.313 e. The molecule has 0 spiro atoms. The molecule has 0 radical (unpaired) electrons. The molecule has 20 heavy (non-hydrogen) atoms. The van der Waals surface area contributed by atoms with Crippen molar-refractivity contribution in [1.29, 1.82) is 0 Å². The third-order valence-corrected chi connectivity index (χ3v) is 3.63. The average molecular weight is 286 g/mol. The van der Waals surface area contributed by atoms with E-state index >= 15 is 0 Å². The summed E-state index contributed by atoms with van der Waals surface area (Å²) >= 11 is 1.14. The lowest BCUT2D eigenvalue weighted by Gasteiger charge is -2.06. The van der Waals surface area contributed by atoms with Crippen molar-refractivity contribution in [3.63, 3.8) is 0 Å². The van der Waals surface area contributed by atoms with Gasteiger partial charge in [0.25, 0.3) is 0 Å². The number of hydrogen-bond acceptors (Lipinski definition) is 5. The Balaban J connectivity index is 1.98. The molecular formula is C13H10N4O2S. The van der Waals surface area contributed by atoms with Gasteiger partial charge in [0.1, 0.15) is 6.33 Å². The van der Waals surface area contributed by atoms with Gasteiger partial charge in [0.15, 0.2) is 5.16 Å². The number of carbonyl (C=O) groups is 1. The number of benzene rings is 1. The van der Waals surface area contributed by atoms with Gasteiger partial charge in [0.05, 0.1) is 11.3 Å². The summed E-state index contributed by atoms with van der Waals surface area (Å²) < 4.78 is 1.76. The summed E-state index contributed by atoms with van der Waals surface area (Å²) in [5, 5.41) is 18.1. The Kier molecular flexibility index (Phi) is 3.34. The number of fused-ring (bicyclic) bond motifs is 1. The largest absolute Gasteiger partial charge is 0.481 e. The van der Waals surface area contributed by atoms with Crippen molar-refractivity contribution in [2.24, 2.45) is 0 Å². The lowest BCUT2D eigenvalue weighted by molar-refractivity contribution is -0.133. The fourth-order valence-corrected chi connectivity index (χ4v) is 2.49. The van der Waals surface area contributed by atoms with Gasteiger partial charge in [-0.25, -0.2) is 0 Å². The highest BCUT2D eigenvalue weighted by Gasteiger charge is 2.09. The van der Waals surface area contributed by atoms with Crippen molar-refractivity contribution in [3.8, 4) is 5.69 Å². The van der Waals surface area contributed by atoms with Crippen molar-refractivity contribution in [1.82, 2.24) is 19.7 Å². The van der Waals surface area contributed by atoms with E-state index in [0.29, 0.717) is 5.16 Å². The number of aliphatic carboxylic acids is 1. The van der Waals surface area contributed by atoms with Crippen LogP contribution in [0.2, 0.25) is 0 Å². The van der Waals surface area contributed by atoms with Crippen molar-refractivity contribution in [2.75, 3.05) is 5.75 Å². The molecule has 7 heteroatoms. The van der Waals surface area contributed by atoms with Gasteiger partial charge in [-0.2, -0.15) is 0 Å². The molecule has 100 valence electrons. The zero-order valence-corrected chi connectivity index (χ0v) is 11.1. The number of hydrogen-bond donors (Lipinski definition) is 1. The second kappa shape index (κ2) is 5.30. The van der Waals surface area contributed by atoms with Crippen LogP contribution in [0.3, 0.4) is 0 Å². The fourth-order valence-electron chi connectivity index (χ4n) is 1.84. The molecule has 1 N–H and O–H groups in total. The number of aromatic nitrogens is 4. The summed E-state index contributed by atoms with van der Waals surface area (Å²) in [4.78, 5) is 14.9. The molecule has 0 aliphatic rings. The summed E-state index contributed by atoms with van der Waals surface area (Å²) in [7, 11) is 0. The molecule has 0 fully saturated rings. The van der Waals surface area contributed by atoms with Crippen LogP contribution in [0.25, 0.3) is 16.6 Å². The number of nitrogens with zero attached hydrogens (tertiary/aromatic N) is 4. The standard InChI is InChI=1S/C13H10N4O2S/c18-12(19)7-20-13-16-15-8-17(13)10-3-4-11-9(6-10)2-1-5-14-11/h1-6,8H,7H2,(H,18,19). The lowest BCUT2D eigenvalue weighted by atomic mass is 10.2. The van der Waals surface area contributed by atoms with Crippen molar-refractivity contribution in [2.45, 2.75) is 5.16 Å². The molecule has 2 heterocycles. The monoisotopic (exact) mass is 286 g/mol. The van der Waals surface area contributed by atoms with E-state index in [1.807, 2.05) is 30.3 Å². The molecule has 0 saturated heterocycles. The number of carboxylic acid groups (broad SMARTS) is 1. The molecule has 1 aromatic carbocycles. The highest BCUT2D eigenvalue weighted by Crippen LogP contribution is 2.22. The molecule has 0 unspecified atom stereocenters. The quantitative estimate of drug-likeness (QED) is 0.739. The molecule has 3 aromatic rings. The minimum atomic E-state index is -0.882. The van der Waals surface area contributed by atoms with E-state index in [9.17, 15) is 4.79 Å². The van der Waals surface area contributed by atoms with Crippen LogP contribution in [0.15, 0.2) is 48.0 Å². The summed E-state index contributed by atoms with van der Waals surface area (Å²) in [6.45, 7) is 0. The van der Waals surface area contributed by atoms with E-state index in [0.717, 1.165) is 28.4 Å². The van der Waals surface area contributed by atoms with E-state index < -0.39 is 5.97 Å². The van der Waals surface area contributed by atoms with E-state index in [4.69, 9.17) is 5.11 Å². The summed E-state index contributed by atoms with van der Waals surface area (Å²) in [5.74, 6) is -0.930. The minimum Gasteiger partial charge on any atom is -0.481 e. The van der Waals surface area contributed by atoms with Gasteiger partial charge >= 0.3 is 5.97 Å². The molecule has 0 bridgehead atoms. The Bertz CT molecular complexity index is 772. The number of carboxylic acids is 1. The zero-order chi connectivity index (χ0) is 13.9. The van der Waals surface area contributed by atoms with Gasteiger partial charge < -0.3 is 5.11 Å². The van der Waals surface area contributed by atoms with Gasteiger partial charge in [-0.15, -0.1) is 10.2 Å². The van der Waals surface area contributed by atoms with Crippen LogP contribution >= 0.6 is 11.8 Å². The first-order chi connectivity index (χ1) is 9.74. The number of thioether (sulfide) groups is 1. The van der Waals surface area contributed by atoms with Crippen LogP contribution < -0.4 is 0 Å². The van der Waals surface area contributed by atoms with Crippen LogP contribution in [0.1, 0.15) is 0 Å². The van der Waals surface area contributed by atoms with Gasteiger partial charge in [-0.1, -0.05) is 17.8 Å². The number of rotatable bonds is 4. The van der Waals surface area contributed by atoms with Crippen LogP contribution in [0.4, 0.5) is 0 Å². The van der Waals surface area contributed by atoms with Gasteiger partial charge in [-0.05, 0) is 24.3 Å². The normalized spacial score (nSPS) is 10.8. The highest BCUT2D eigenvalue weighted by atomic mass is 32.2. The van der Waals surface area contributed by atoms with Gasteiger partial charge in [0, 0.05) is 17.3 Å². The Morgan fingerprint density at radius 3 is 3.10 bits per heavy atom. The Morgan fingerprint density at radius 2 is 2.25 bits per heavy atom. The van der Waals surface area contributed by atoms with E-state index in [-0.39, 0.29) is 5.75 Å². The summed E-state index contributed by atoms with van der Waals surface area (Å²) in [6, 6.07) is 9.63. The van der Waals surface area contributed by atoms with E-state index in [2.05, 4.69) is 15.2 Å². The van der Waals surface area contributed by atoms with Crippen molar-refractivity contribution < 1.29 is 9.90 Å². The summed E-state index contributed by atoms with van der Waals surface area (Å²) in [6.07, 6.45) is 3.32. The third kappa shape index (κ3) is 2.48. The fraction of sp³-hybridized carbons (Fsp3) is 0.0769. The van der Waals surface area contributed by atoms with Crippen LogP contribution in [0.5, 0.6) is 0 Å². The summed E-state index contributed by atoms with van der Waals surface area (Å²) in [5.41, 5.74) is 1.78. The molecule has 0 aliphatic heterocycles. The van der Waals surface area contributed by atoms with Crippen molar-refractivity contribution >= 4 is 28.6 Å². The molecule has 0 aliphatic carbocycles. The van der Waals surface area contributed by atoms with Crippen LogP contribution in [0, 0.1) is 0 Å². The maximum absolute atomic E-state index is 10.6. The first-order valence-corrected chi connectivity index (χ1v) is 6.82. The van der Waals surface area contributed by atoms with E-state index in [1.54, 1.807) is 17.1 Å². The SMILES string of the molecule is O=C(O)CSc1nncn1-c1ccc2ncccc2c1. The van der Waals surface area contributed by atoms with Crippen LogP contribution in [-0.4, -0.2) is 36.6 Å². The van der Waals surface area contributed by atoms with Gasteiger partial charge in [-0.3, -0.25) is 14.3 Å². The first-order valence-electron chi connectivity index (χ1n) is 5.84. The predicted molar refractivity (Wildman–Crippen MR) is 75.0 cm³/mol. The highest BCUT2D eigenvalue weighted by molar-refractivity contribution is 7.99. The lowest BCUT2D eigenvalue weighted by Crippen LogP contribution is -2.01. The number of pyridine rings is 1. The maximum atomic E-state index is 10.6. The molecule has 6 nitrogen and oxygen atoms in total.